The Hall–Kier alpha value is -2.67. The van der Waals surface area contributed by atoms with Gasteiger partial charge in [0.1, 0.15) is 17.8 Å². The molecule has 7 nitrogen and oxygen atoms in total. The maximum atomic E-state index is 10.6. The molecular formula is C16H20N4O3. The van der Waals surface area contributed by atoms with E-state index in [0.717, 1.165) is 11.3 Å². The smallest absolute Gasteiger partial charge is 0.287 e. The predicted octanol–water partition coefficient (Wildman–Crippen LogP) is 2.71. The van der Waals surface area contributed by atoms with Gasteiger partial charge in [0.05, 0.1) is 18.1 Å². The number of hydrogen-bond donors (Lipinski definition) is 1. The van der Waals surface area contributed by atoms with E-state index in [-0.39, 0.29) is 11.7 Å². The molecule has 0 aliphatic rings. The summed E-state index contributed by atoms with van der Waals surface area (Å²) in [6, 6.07) is 11.0. The number of rotatable bonds is 7. The van der Waals surface area contributed by atoms with Crippen LogP contribution >= 0.6 is 0 Å². The van der Waals surface area contributed by atoms with Gasteiger partial charge in [-0.15, -0.1) is 0 Å². The molecule has 1 atom stereocenters. The van der Waals surface area contributed by atoms with Gasteiger partial charge in [-0.3, -0.25) is 10.1 Å². The van der Waals surface area contributed by atoms with E-state index in [1.165, 1.54) is 12.3 Å². The largest absolute Gasteiger partial charge is 0.497 e. The molecule has 0 aliphatic carbocycles. The average Bonchev–Trinajstić information content (AvgIpc) is 2.55. The second-order valence-electron chi connectivity index (χ2n) is 5.30. The van der Waals surface area contributed by atoms with Crippen LogP contribution in [0.15, 0.2) is 42.6 Å². The van der Waals surface area contributed by atoms with Crippen LogP contribution in [0.2, 0.25) is 0 Å². The van der Waals surface area contributed by atoms with Crippen molar-refractivity contribution in [2.75, 3.05) is 33.1 Å². The number of methoxy groups -OCH3 is 1. The number of nitro groups is 1. The van der Waals surface area contributed by atoms with Gasteiger partial charge in [-0.2, -0.15) is 0 Å². The number of benzene rings is 1. The number of nitrogens with zero attached hydrogens (tertiary/aromatic N) is 3. The molecule has 0 saturated heterocycles. The van der Waals surface area contributed by atoms with Crippen molar-refractivity contribution in [3.8, 4) is 5.75 Å². The summed E-state index contributed by atoms with van der Waals surface area (Å²) in [5, 5.41) is 13.9. The highest BCUT2D eigenvalue weighted by molar-refractivity contribution is 5.41. The fourth-order valence-electron chi connectivity index (χ4n) is 2.25. The minimum Gasteiger partial charge on any atom is -0.497 e. The third-order valence-corrected chi connectivity index (χ3v) is 3.54. The monoisotopic (exact) mass is 316 g/mol. The first kappa shape index (κ1) is 16.7. The summed E-state index contributed by atoms with van der Waals surface area (Å²) >= 11 is 0. The van der Waals surface area contributed by atoms with Crippen molar-refractivity contribution in [3.63, 3.8) is 0 Å². The van der Waals surface area contributed by atoms with Gasteiger partial charge in [0.2, 0.25) is 0 Å². The highest BCUT2D eigenvalue weighted by Crippen LogP contribution is 2.23. The molecule has 122 valence electrons. The van der Waals surface area contributed by atoms with Crippen LogP contribution in [0, 0.1) is 10.1 Å². The zero-order valence-corrected chi connectivity index (χ0v) is 13.4. The molecular weight excluding hydrogens is 296 g/mol. The zero-order chi connectivity index (χ0) is 16.8. The van der Waals surface area contributed by atoms with Gasteiger partial charge in [-0.05, 0) is 37.9 Å². The lowest BCUT2D eigenvalue weighted by molar-refractivity contribution is -0.385. The summed E-state index contributed by atoms with van der Waals surface area (Å²) in [4.78, 5) is 16.3. The number of ether oxygens (including phenoxy) is 1. The predicted molar refractivity (Wildman–Crippen MR) is 88.8 cm³/mol. The number of aromatic nitrogens is 1. The van der Waals surface area contributed by atoms with E-state index in [1.54, 1.807) is 13.2 Å². The second-order valence-corrected chi connectivity index (χ2v) is 5.30. The SMILES string of the molecule is COc1cccc([C@@H](CNc2ccc([N+](=O)[O-])cn2)N(C)C)c1. The Morgan fingerprint density at radius 3 is 2.70 bits per heavy atom. The summed E-state index contributed by atoms with van der Waals surface area (Å²) < 4.78 is 5.27. The minimum absolute atomic E-state index is 0.0208. The van der Waals surface area contributed by atoms with Crippen LogP contribution in [0.1, 0.15) is 11.6 Å². The molecule has 0 spiro atoms. The van der Waals surface area contributed by atoms with Crippen molar-refractivity contribution < 1.29 is 9.66 Å². The van der Waals surface area contributed by atoms with Gasteiger partial charge in [-0.25, -0.2) is 4.98 Å². The van der Waals surface area contributed by atoms with E-state index in [4.69, 9.17) is 4.74 Å². The van der Waals surface area contributed by atoms with Gasteiger partial charge >= 0.3 is 0 Å². The third-order valence-electron chi connectivity index (χ3n) is 3.54. The maximum Gasteiger partial charge on any atom is 0.287 e. The van der Waals surface area contributed by atoms with Crippen LogP contribution in [-0.4, -0.2) is 42.6 Å². The van der Waals surface area contributed by atoms with Gasteiger partial charge in [0.15, 0.2) is 0 Å². The topological polar surface area (TPSA) is 80.5 Å². The van der Waals surface area contributed by atoms with Crippen molar-refractivity contribution in [1.29, 1.82) is 0 Å². The summed E-state index contributed by atoms with van der Waals surface area (Å²) in [7, 11) is 5.63. The lowest BCUT2D eigenvalue weighted by Crippen LogP contribution is -2.27. The van der Waals surface area contributed by atoms with E-state index < -0.39 is 4.92 Å². The number of pyridine rings is 1. The molecule has 0 unspecified atom stereocenters. The molecule has 1 N–H and O–H groups in total. The van der Waals surface area contributed by atoms with Gasteiger partial charge in [-0.1, -0.05) is 12.1 Å². The number of hydrogen-bond acceptors (Lipinski definition) is 6. The molecule has 0 bridgehead atoms. The van der Waals surface area contributed by atoms with Crippen molar-refractivity contribution in [1.82, 2.24) is 9.88 Å². The summed E-state index contributed by atoms with van der Waals surface area (Å²) in [6.45, 7) is 0.616. The van der Waals surface area contributed by atoms with Crippen LogP contribution < -0.4 is 10.1 Å². The Labute approximate surface area is 135 Å². The minimum atomic E-state index is -0.463. The summed E-state index contributed by atoms with van der Waals surface area (Å²) in [5.74, 6) is 1.41. The molecule has 1 aromatic heterocycles. The van der Waals surface area contributed by atoms with Gasteiger partial charge in [0.25, 0.3) is 5.69 Å². The van der Waals surface area contributed by atoms with E-state index >= 15 is 0 Å². The van der Waals surface area contributed by atoms with Crippen LogP contribution in [0.25, 0.3) is 0 Å². The van der Waals surface area contributed by atoms with E-state index in [0.29, 0.717) is 12.4 Å². The number of anilines is 1. The van der Waals surface area contributed by atoms with Crippen molar-refractivity contribution in [2.45, 2.75) is 6.04 Å². The summed E-state index contributed by atoms with van der Waals surface area (Å²) in [6.07, 6.45) is 1.25. The fourth-order valence-corrected chi connectivity index (χ4v) is 2.25. The lowest BCUT2D eigenvalue weighted by Gasteiger charge is -2.25. The molecule has 2 aromatic rings. The fraction of sp³-hybridized carbons (Fsp3) is 0.312. The van der Waals surface area contributed by atoms with Crippen LogP contribution in [-0.2, 0) is 0 Å². The maximum absolute atomic E-state index is 10.6. The van der Waals surface area contributed by atoms with Crippen LogP contribution in [0.3, 0.4) is 0 Å². The molecule has 0 radical (unpaired) electrons. The first-order valence-corrected chi connectivity index (χ1v) is 7.16. The quantitative estimate of drug-likeness (QED) is 0.625. The Bertz CT molecular complexity index is 659. The van der Waals surface area contributed by atoms with Crippen molar-refractivity contribution in [3.05, 3.63) is 58.3 Å². The highest BCUT2D eigenvalue weighted by Gasteiger charge is 2.15. The van der Waals surface area contributed by atoms with Crippen molar-refractivity contribution in [2.24, 2.45) is 0 Å². The Kier molecular flexibility index (Phi) is 5.48. The molecule has 0 fully saturated rings. The second kappa shape index (κ2) is 7.55. The first-order valence-electron chi connectivity index (χ1n) is 7.16. The Morgan fingerprint density at radius 1 is 1.35 bits per heavy atom. The normalized spacial score (nSPS) is 12.0. The molecule has 2 rings (SSSR count). The van der Waals surface area contributed by atoms with Crippen LogP contribution in [0.4, 0.5) is 11.5 Å². The highest BCUT2D eigenvalue weighted by atomic mass is 16.6. The molecule has 1 heterocycles. The van der Waals surface area contributed by atoms with Crippen LogP contribution in [0.5, 0.6) is 5.75 Å². The zero-order valence-electron chi connectivity index (χ0n) is 13.4. The van der Waals surface area contributed by atoms with Gasteiger partial charge < -0.3 is 15.0 Å². The third kappa shape index (κ3) is 4.40. The molecule has 1 aromatic carbocycles. The summed E-state index contributed by atoms with van der Waals surface area (Å²) in [5.41, 5.74) is 1.09. The molecule has 7 heteroatoms. The number of likely N-dealkylation sites (N-methyl/N-ethyl adjacent to an activating group) is 1. The van der Waals surface area contributed by atoms with Gasteiger partial charge in [0, 0.05) is 12.6 Å². The molecule has 0 amide bonds. The first-order chi connectivity index (χ1) is 11.0. The molecule has 23 heavy (non-hydrogen) atoms. The average molecular weight is 316 g/mol. The Morgan fingerprint density at radius 2 is 2.13 bits per heavy atom. The lowest BCUT2D eigenvalue weighted by atomic mass is 10.1. The Balaban J connectivity index is 2.09. The van der Waals surface area contributed by atoms with E-state index in [9.17, 15) is 10.1 Å². The van der Waals surface area contributed by atoms with E-state index in [2.05, 4.69) is 15.2 Å². The standard InChI is InChI=1S/C16H20N4O3/c1-19(2)15(12-5-4-6-14(9-12)23-3)11-18-16-8-7-13(10-17-16)20(21)22/h4-10,15H,11H2,1-3H3,(H,17,18)/t15-/m1/s1. The number of nitrogens with one attached hydrogen (secondary N) is 1. The van der Waals surface area contributed by atoms with E-state index in [1.807, 2.05) is 38.4 Å². The van der Waals surface area contributed by atoms with Crippen molar-refractivity contribution >= 4 is 11.5 Å². The molecule has 0 aliphatic heterocycles. The molecule has 0 saturated carbocycles.